The van der Waals surface area contributed by atoms with Gasteiger partial charge in [-0.15, -0.1) is 0 Å². The second-order valence-electron chi connectivity index (χ2n) is 9.38. The quantitative estimate of drug-likeness (QED) is 0.522. The van der Waals surface area contributed by atoms with E-state index < -0.39 is 9.84 Å². The van der Waals surface area contributed by atoms with Crippen molar-refractivity contribution in [3.8, 4) is 0 Å². The zero-order valence-electron chi connectivity index (χ0n) is 20.1. The SMILES string of the molecule is Cc1ccc(CS(=O)(=O)CC2CCCO2)cc1Nc1ncnc2cnc(N3CCN(C)CC3)nc12. The molecule has 1 N–H and O–H groups in total. The molecule has 10 nitrogen and oxygen atoms in total. The Morgan fingerprint density at radius 2 is 1.97 bits per heavy atom. The number of nitrogens with zero attached hydrogens (tertiary/aromatic N) is 6. The largest absolute Gasteiger partial charge is 0.377 e. The fourth-order valence-electron chi connectivity index (χ4n) is 4.49. The molecule has 0 bridgehead atoms. The van der Waals surface area contributed by atoms with Gasteiger partial charge < -0.3 is 19.9 Å². The first-order valence-corrected chi connectivity index (χ1v) is 13.8. The van der Waals surface area contributed by atoms with Gasteiger partial charge in [-0.05, 0) is 44.0 Å². The number of aromatic nitrogens is 4. The van der Waals surface area contributed by atoms with E-state index in [1.54, 1.807) is 6.20 Å². The third-order valence-electron chi connectivity index (χ3n) is 6.56. The highest BCUT2D eigenvalue weighted by Crippen LogP contribution is 2.27. The molecular weight excluding hydrogens is 466 g/mol. The molecule has 0 spiro atoms. The van der Waals surface area contributed by atoms with Crippen LogP contribution in [-0.2, 0) is 20.3 Å². The van der Waals surface area contributed by atoms with Crippen LogP contribution in [0, 0.1) is 6.92 Å². The van der Waals surface area contributed by atoms with Crippen LogP contribution in [0.25, 0.3) is 11.0 Å². The van der Waals surface area contributed by atoms with E-state index >= 15 is 0 Å². The Morgan fingerprint density at radius 1 is 1.14 bits per heavy atom. The van der Waals surface area contributed by atoms with Gasteiger partial charge in [-0.25, -0.2) is 28.4 Å². The Labute approximate surface area is 205 Å². The maximum atomic E-state index is 12.7. The van der Waals surface area contributed by atoms with Crippen molar-refractivity contribution in [1.29, 1.82) is 0 Å². The van der Waals surface area contributed by atoms with Gasteiger partial charge in [0.15, 0.2) is 15.7 Å². The lowest BCUT2D eigenvalue weighted by Gasteiger charge is -2.32. The monoisotopic (exact) mass is 497 g/mol. The van der Waals surface area contributed by atoms with Crippen molar-refractivity contribution in [2.24, 2.45) is 0 Å². The summed E-state index contributed by atoms with van der Waals surface area (Å²) in [4.78, 5) is 22.5. The first-order chi connectivity index (χ1) is 16.9. The summed E-state index contributed by atoms with van der Waals surface area (Å²) in [6, 6.07) is 5.66. The molecule has 1 atom stereocenters. The van der Waals surface area contributed by atoms with Gasteiger partial charge in [0.1, 0.15) is 17.4 Å². The van der Waals surface area contributed by atoms with Gasteiger partial charge in [-0.2, -0.15) is 0 Å². The Morgan fingerprint density at radius 3 is 2.74 bits per heavy atom. The van der Waals surface area contributed by atoms with Gasteiger partial charge in [0.2, 0.25) is 5.95 Å². The van der Waals surface area contributed by atoms with Crippen molar-refractivity contribution in [3.05, 3.63) is 41.9 Å². The minimum absolute atomic E-state index is 0.0257. The maximum Gasteiger partial charge on any atom is 0.226 e. The number of nitrogens with one attached hydrogen (secondary N) is 1. The third kappa shape index (κ3) is 5.68. The van der Waals surface area contributed by atoms with E-state index in [0.29, 0.717) is 29.4 Å². The van der Waals surface area contributed by atoms with Crippen LogP contribution in [0.1, 0.15) is 24.0 Å². The number of sulfone groups is 1. The molecule has 2 aliphatic heterocycles. The molecule has 0 radical (unpaired) electrons. The van der Waals surface area contributed by atoms with E-state index in [1.165, 1.54) is 6.33 Å². The Hall–Kier alpha value is -2.89. The number of hydrogen-bond acceptors (Lipinski definition) is 10. The summed E-state index contributed by atoms with van der Waals surface area (Å²) in [5, 5.41) is 3.36. The molecule has 0 saturated carbocycles. The summed E-state index contributed by atoms with van der Waals surface area (Å²) in [6.07, 6.45) is 4.74. The summed E-state index contributed by atoms with van der Waals surface area (Å²) >= 11 is 0. The normalized spacial score (nSPS) is 19.4. The zero-order chi connectivity index (χ0) is 24.4. The topological polar surface area (TPSA) is 113 Å². The highest BCUT2D eigenvalue weighted by atomic mass is 32.2. The molecule has 2 fully saturated rings. The highest BCUT2D eigenvalue weighted by Gasteiger charge is 2.24. The lowest BCUT2D eigenvalue weighted by Crippen LogP contribution is -2.45. The minimum Gasteiger partial charge on any atom is -0.377 e. The van der Waals surface area contributed by atoms with E-state index in [0.717, 1.165) is 55.8 Å². The fraction of sp³-hybridized carbons (Fsp3) is 0.500. The molecule has 2 aliphatic rings. The Balaban J connectivity index is 1.38. The van der Waals surface area contributed by atoms with Gasteiger partial charge in [-0.1, -0.05) is 12.1 Å². The van der Waals surface area contributed by atoms with Gasteiger partial charge in [0.25, 0.3) is 0 Å². The van der Waals surface area contributed by atoms with Crippen molar-refractivity contribution in [3.63, 3.8) is 0 Å². The molecule has 1 unspecified atom stereocenters. The van der Waals surface area contributed by atoms with Crippen LogP contribution in [0.2, 0.25) is 0 Å². The second-order valence-corrected chi connectivity index (χ2v) is 11.5. The van der Waals surface area contributed by atoms with Gasteiger partial charge >= 0.3 is 0 Å². The van der Waals surface area contributed by atoms with Gasteiger partial charge in [0.05, 0.1) is 23.8 Å². The van der Waals surface area contributed by atoms with Crippen LogP contribution < -0.4 is 10.2 Å². The molecule has 2 saturated heterocycles. The van der Waals surface area contributed by atoms with E-state index in [-0.39, 0.29) is 17.6 Å². The van der Waals surface area contributed by atoms with Crippen molar-refractivity contribution < 1.29 is 13.2 Å². The van der Waals surface area contributed by atoms with E-state index in [9.17, 15) is 8.42 Å². The summed E-state index contributed by atoms with van der Waals surface area (Å²) in [6.45, 7) is 6.26. The molecule has 0 amide bonds. The predicted octanol–water partition coefficient (Wildman–Crippen LogP) is 2.32. The van der Waals surface area contributed by atoms with E-state index in [1.807, 2.05) is 25.1 Å². The van der Waals surface area contributed by atoms with Crippen LogP contribution in [-0.4, -0.2) is 84.9 Å². The molecule has 35 heavy (non-hydrogen) atoms. The van der Waals surface area contributed by atoms with Crippen LogP contribution in [0.3, 0.4) is 0 Å². The van der Waals surface area contributed by atoms with Crippen LogP contribution in [0.5, 0.6) is 0 Å². The summed E-state index contributed by atoms with van der Waals surface area (Å²) < 4.78 is 31.0. The fourth-order valence-corrected chi connectivity index (χ4v) is 6.12. The molecule has 2 aromatic heterocycles. The summed E-state index contributed by atoms with van der Waals surface area (Å²) in [5.74, 6) is 1.26. The van der Waals surface area contributed by atoms with Crippen molar-refractivity contribution in [2.75, 3.05) is 55.8 Å². The third-order valence-corrected chi connectivity index (χ3v) is 8.21. The average molecular weight is 498 g/mol. The number of fused-ring (bicyclic) bond motifs is 1. The van der Waals surface area contributed by atoms with Crippen molar-refractivity contribution in [1.82, 2.24) is 24.8 Å². The molecule has 1 aromatic carbocycles. The van der Waals surface area contributed by atoms with Crippen LogP contribution in [0.4, 0.5) is 17.5 Å². The first-order valence-electron chi connectivity index (χ1n) is 12.0. The summed E-state index contributed by atoms with van der Waals surface area (Å²) in [7, 11) is -1.18. The van der Waals surface area contributed by atoms with E-state index in [4.69, 9.17) is 9.72 Å². The number of aryl methyl sites for hydroxylation is 1. The predicted molar refractivity (Wildman–Crippen MR) is 136 cm³/mol. The van der Waals surface area contributed by atoms with Gasteiger partial charge in [-0.3, -0.25) is 0 Å². The molecular formula is C24H31N7O3S. The number of ether oxygens (including phenoxy) is 1. The standard InChI is InChI=1S/C24H31N7O3S/c1-17-5-6-18(14-35(32,33)15-19-4-3-11-34-19)12-20(17)28-23-22-21(26-16-27-23)13-25-24(29-22)31-9-7-30(2)8-10-31/h5-6,12-13,16,19H,3-4,7-11,14-15H2,1-2H3,(H,26,27,28). The molecule has 3 aromatic rings. The van der Waals surface area contributed by atoms with Crippen molar-refractivity contribution >= 4 is 38.3 Å². The lowest BCUT2D eigenvalue weighted by atomic mass is 10.1. The highest BCUT2D eigenvalue weighted by molar-refractivity contribution is 7.90. The molecule has 5 rings (SSSR count). The number of benzene rings is 1. The number of hydrogen-bond donors (Lipinski definition) is 1. The maximum absolute atomic E-state index is 12.7. The van der Waals surface area contributed by atoms with Crippen LogP contribution in [0.15, 0.2) is 30.7 Å². The van der Waals surface area contributed by atoms with Crippen LogP contribution >= 0.6 is 0 Å². The number of piperazine rings is 1. The number of anilines is 3. The number of likely N-dealkylation sites (N-methyl/N-ethyl adjacent to an activating group) is 1. The first kappa shape index (κ1) is 23.8. The zero-order valence-corrected chi connectivity index (χ0v) is 21.0. The molecule has 4 heterocycles. The summed E-state index contributed by atoms with van der Waals surface area (Å²) in [5.41, 5.74) is 3.77. The molecule has 11 heteroatoms. The lowest BCUT2D eigenvalue weighted by molar-refractivity contribution is 0.127. The second kappa shape index (κ2) is 10.00. The Kier molecular flexibility index (Phi) is 6.81. The van der Waals surface area contributed by atoms with Gasteiger partial charge in [0, 0.05) is 38.5 Å². The minimum atomic E-state index is -3.29. The Bertz CT molecular complexity index is 1300. The number of rotatable bonds is 7. The average Bonchev–Trinajstić information content (AvgIpc) is 3.34. The smallest absolute Gasteiger partial charge is 0.226 e. The molecule has 186 valence electrons. The molecule has 0 aliphatic carbocycles. The van der Waals surface area contributed by atoms with Crippen molar-refractivity contribution in [2.45, 2.75) is 31.6 Å². The van der Waals surface area contributed by atoms with E-state index in [2.05, 4.69) is 37.1 Å².